The smallest absolute Gasteiger partial charge is 0.111 e. The van der Waals surface area contributed by atoms with E-state index in [0.717, 1.165) is 12.5 Å². The number of hydrogen-bond acceptors (Lipinski definition) is 0. The van der Waals surface area contributed by atoms with Gasteiger partial charge in [0.25, 0.3) is 0 Å². The molecule has 7 rings (SSSR count). The molecule has 0 amide bonds. The van der Waals surface area contributed by atoms with E-state index < -0.39 is 13.4 Å². The highest BCUT2D eigenvalue weighted by Crippen LogP contribution is 2.54. The molecule has 0 nitrogen and oxygen atoms in total. The molecule has 2 heteroatoms. The Morgan fingerprint density at radius 1 is 0.340 bits per heavy atom. The molecule has 0 fully saturated rings. The van der Waals surface area contributed by atoms with E-state index in [0.29, 0.717) is 0 Å². The Morgan fingerprint density at radius 3 is 0.872 bits per heavy atom. The van der Waals surface area contributed by atoms with E-state index in [4.69, 9.17) is 0 Å². The maximum Gasteiger partial charge on any atom is 0.111 e. The van der Waals surface area contributed by atoms with Crippen molar-refractivity contribution in [1.82, 2.24) is 0 Å². The van der Waals surface area contributed by atoms with Crippen LogP contribution in [0.2, 0.25) is 0 Å². The minimum atomic E-state index is -1.53. The summed E-state index contributed by atoms with van der Waals surface area (Å²) in [6.07, 6.45) is 1.04. The second-order valence-corrected chi connectivity index (χ2v) is 15.9. The first-order valence-corrected chi connectivity index (χ1v) is 18.7. The van der Waals surface area contributed by atoms with Crippen LogP contribution in [0.4, 0.5) is 0 Å². The summed E-state index contributed by atoms with van der Waals surface area (Å²) in [5.41, 5.74) is 5.51. The van der Waals surface area contributed by atoms with E-state index in [9.17, 15) is 0 Å². The van der Waals surface area contributed by atoms with E-state index in [1.807, 2.05) is 0 Å². The van der Waals surface area contributed by atoms with E-state index >= 15 is 0 Å². The van der Waals surface area contributed by atoms with Crippen LogP contribution in [0, 0.1) is 0 Å². The SMILES string of the molecule is CC[P+](c1ccccc1)(c1ccccc1)c1ccccc1.c1ccc(C[B-](c2ccccc2)(c2ccccc2)c2ccccc2)cc1. The Morgan fingerprint density at radius 2 is 0.596 bits per heavy atom. The lowest BCUT2D eigenvalue weighted by atomic mass is 9.14. The average molecular weight is 625 g/mol. The highest BCUT2D eigenvalue weighted by molar-refractivity contribution is 7.95. The van der Waals surface area contributed by atoms with Crippen LogP contribution in [0.15, 0.2) is 212 Å². The van der Waals surface area contributed by atoms with Gasteiger partial charge < -0.3 is 0 Å². The van der Waals surface area contributed by atoms with Crippen LogP contribution in [0.5, 0.6) is 0 Å². The second-order valence-electron chi connectivity index (χ2n) is 12.1. The zero-order valence-corrected chi connectivity index (χ0v) is 28.0. The van der Waals surface area contributed by atoms with Crippen LogP contribution in [-0.4, -0.2) is 12.3 Å². The van der Waals surface area contributed by atoms with Gasteiger partial charge in [0.15, 0.2) is 0 Å². The van der Waals surface area contributed by atoms with Crippen LogP contribution in [-0.2, 0) is 6.32 Å². The number of hydrogen-bond donors (Lipinski definition) is 0. The molecule has 0 aliphatic carbocycles. The summed E-state index contributed by atoms with van der Waals surface area (Å²) in [5, 5.41) is 4.39. The zero-order chi connectivity index (χ0) is 32.2. The molecule has 0 saturated heterocycles. The molecule has 0 atom stereocenters. The molecule has 0 aliphatic heterocycles. The molecule has 0 aliphatic rings. The lowest BCUT2D eigenvalue weighted by molar-refractivity contribution is 1.35. The van der Waals surface area contributed by atoms with Crippen molar-refractivity contribution in [2.75, 3.05) is 6.16 Å². The Balaban J connectivity index is 0.000000168. The fourth-order valence-corrected chi connectivity index (χ4v) is 11.3. The van der Waals surface area contributed by atoms with Gasteiger partial charge in [0.1, 0.15) is 23.2 Å². The van der Waals surface area contributed by atoms with E-state index in [1.165, 1.54) is 37.9 Å². The third-order valence-electron chi connectivity index (χ3n) is 9.56. The standard InChI is InChI=1S/C25H22B.C20H20P/c1-5-13-22(14-6-1)21-26(23-15-7-2-8-16-23,24-17-9-3-10-18-24)25-19-11-4-12-20-25;1-2-21(18-12-6-3-7-13-18,19-14-8-4-9-15-19)20-16-10-5-11-17-20/h1-20H,21H2;3-17H,2H2,1H3/q-1;+1. The Kier molecular flexibility index (Phi) is 10.6. The van der Waals surface area contributed by atoms with Gasteiger partial charge in [0.2, 0.25) is 0 Å². The molecule has 47 heavy (non-hydrogen) atoms. The van der Waals surface area contributed by atoms with Crippen LogP contribution in [0.25, 0.3) is 0 Å². The number of benzene rings is 7. The summed E-state index contributed by atoms with van der Waals surface area (Å²) in [5.74, 6) is 0. The molecular formula is C45H42BP. The first-order valence-electron chi connectivity index (χ1n) is 16.7. The third kappa shape index (κ3) is 6.92. The molecule has 0 spiro atoms. The largest absolute Gasteiger partial charge is 0.200 e. The Hall–Kier alpha value is -4.97. The Bertz CT molecular complexity index is 1700. The molecule has 7 aromatic rings. The Labute approximate surface area is 282 Å². The molecule has 0 N–H and O–H groups in total. The topological polar surface area (TPSA) is 0 Å². The van der Waals surface area contributed by atoms with E-state index in [-0.39, 0.29) is 0 Å². The van der Waals surface area contributed by atoms with Gasteiger partial charge in [-0.2, -0.15) is 16.4 Å². The highest BCUT2D eigenvalue weighted by atomic mass is 31.2. The van der Waals surface area contributed by atoms with Gasteiger partial charge in [0, 0.05) is 0 Å². The van der Waals surface area contributed by atoms with Crippen molar-refractivity contribution in [2.24, 2.45) is 0 Å². The number of rotatable bonds is 9. The minimum absolute atomic E-state index is 0.985. The summed E-state index contributed by atoms with van der Waals surface area (Å²) in [7, 11) is -1.53. The first kappa shape index (κ1) is 32.0. The summed E-state index contributed by atoms with van der Waals surface area (Å²) >= 11 is 0. The maximum atomic E-state index is 2.32. The average Bonchev–Trinajstić information content (AvgIpc) is 3.17. The summed E-state index contributed by atoms with van der Waals surface area (Å²) in [6.45, 7) is 2.32. The van der Waals surface area contributed by atoms with E-state index in [2.05, 4.69) is 219 Å². The third-order valence-corrected chi connectivity index (χ3v) is 14.0. The van der Waals surface area contributed by atoms with Gasteiger partial charge in [-0.15, -0.1) is 6.32 Å². The monoisotopic (exact) mass is 624 g/mol. The predicted octanol–water partition coefficient (Wildman–Crippen LogP) is 7.94. The summed E-state index contributed by atoms with van der Waals surface area (Å²) < 4.78 is 0. The van der Waals surface area contributed by atoms with Gasteiger partial charge in [0.05, 0.1) is 12.3 Å². The van der Waals surface area contributed by atoms with Gasteiger partial charge in [-0.3, -0.25) is 0 Å². The molecule has 0 heterocycles. The predicted molar refractivity (Wildman–Crippen MR) is 210 cm³/mol. The second kappa shape index (κ2) is 15.6. The van der Waals surface area contributed by atoms with Gasteiger partial charge in [-0.25, -0.2) is 0 Å². The molecule has 0 bridgehead atoms. The van der Waals surface area contributed by atoms with Crippen molar-refractivity contribution < 1.29 is 0 Å². The maximum absolute atomic E-state index is 2.32. The van der Waals surface area contributed by atoms with Crippen LogP contribution in [0.1, 0.15) is 12.5 Å². The van der Waals surface area contributed by atoms with Crippen molar-refractivity contribution in [2.45, 2.75) is 13.2 Å². The van der Waals surface area contributed by atoms with Crippen molar-refractivity contribution in [3.63, 3.8) is 0 Å². The van der Waals surface area contributed by atoms with Crippen molar-refractivity contribution in [3.8, 4) is 0 Å². The van der Waals surface area contributed by atoms with Gasteiger partial charge in [-0.1, -0.05) is 181 Å². The lowest BCUT2D eigenvalue weighted by Crippen LogP contribution is -2.68. The minimum Gasteiger partial charge on any atom is -0.200 e. The first-order chi connectivity index (χ1) is 23.3. The fourth-order valence-electron chi connectivity index (χ4n) is 7.29. The van der Waals surface area contributed by atoms with Gasteiger partial charge >= 0.3 is 0 Å². The molecule has 7 aromatic carbocycles. The van der Waals surface area contributed by atoms with Gasteiger partial charge in [-0.05, 0) is 43.3 Å². The van der Waals surface area contributed by atoms with Crippen LogP contribution >= 0.6 is 7.26 Å². The molecule has 0 radical (unpaired) electrons. The molecule has 0 aromatic heterocycles. The van der Waals surface area contributed by atoms with Crippen molar-refractivity contribution >= 4 is 45.7 Å². The molecular weight excluding hydrogens is 582 g/mol. The summed E-state index contributed by atoms with van der Waals surface area (Å²) in [6, 6.07) is 76.7. The highest BCUT2D eigenvalue weighted by Gasteiger charge is 2.43. The molecule has 0 unspecified atom stereocenters. The fraction of sp³-hybridized carbons (Fsp3) is 0.0667. The quantitative estimate of drug-likeness (QED) is 0.113. The van der Waals surface area contributed by atoms with Crippen LogP contribution in [0.3, 0.4) is 0 Å². The van der Waals surface area contributed by atoms with Crippen molar-refractivity contribution in [1.29, 1.82) is 0 Å². The normalized spacial score (nSPS) is 11.3. The molecule has 0 saturated carbocycles. The van der Waals surface area contributed by atoms with Crippen LogP contribution < -0.4 is 32.3 Å². The molecule has 230 valence electrons. The zero-order valence-electron chi connectivity index (χ0n) is 27.1. The summed E-state index contributed by atoms with van der Waals surface area (Å²) in [4.78, 5) is 0. The van der Waals surface area contributed by atoms with Crippen molar-refractivity contribution in [3.05, 3.63) is 218 Å². The lowest BCUT2D eigenvalue weighted by Gasteiger charge is -2.43. The van der Waals surface area contributed by atoms with E-state index in [1.54, 1.807) is 0 Å².